The predicted molar refractivity (Wildman–Crippen MR) is 119 cm³/mol. The lowest BCUT2D eigenvalue weighted by molar-refractivity contribution is -0.165. The number of nitrogens with two attached hydrogens (primary N) is 1. The number of esters is 2. The zero-order valence-corrected chi connectivity index (χ0v) is 19.4. The van der Waals surface area contributed by atoms with Crippen LogP contribution < -0.4 is 9.92 Å². The Balaban J connectivity index is 2.34. The third-order valence-electron chi connectivity index (χ3n) is 4.33. The van der Waals surface area contributed by atoms with Crippen molar-refractivity contribution in [3.05, 3.63) is 65.7 Å². The summed E-state index contributed by atoms with van der Waals surface area (Å²) < 4.78 is 38.5. The first-order chi connectivity index (χ1) is 14.9. The molecule has 2 aromatic carbocycles. The quantitative estimate of drug-likeness (QED) is 0.445. The maximum atomic E-state index is 13.1. The van der Waals surface area contributed by atoms with Crippen LogP contribution in [0.3, 0.4) is 0 Å². The molecule has 0 aromatic heterocycles. The van der Waals surface area contributed by atoms with Crippen LogP contribution in [0.2, 0.25) is 0 Å². The van der Waals surface area contributed by atoms with Gasteiger partial charge in [-0.2, -0.15) is 8.42 Å². The Bertz CT molecular complexity index is 1010. The monoisotopic (exact) mass is 463 g/mol. The molecular formula is C23H29NO7S. The molecule has 0 radical (unpaired) electrons. The molecule has 0 bridgehead atoms. The topological polar surface area (TPSA) is 122 Å². The predicted octanol–water partition coefficient (Wildman–Crippen LogP) is 2.77. The molecule has 32 heavy (non-hydrogen) atoms. The third-order valence-corrected chi connectivity index (χ3v) is 4.83. The zero-order valence-electron chi connectivity index (χ0n) is 18.6. The molecule has 0 amide bonds. The van der Waals surface area contributed by atoms with Crippen LogP contribution in [0.5, 0.6) is 5.75 Å². The summed E-state index contributed by atoms with van der Waals surface area (Å²) in [4.78, 5) is 25.9. The van der Waals surface area contributed by atoms with E-state index in [0.29, 0.717) is 5.56 Å². The molecule has 8 nitrogen and oxygen atoms in total. The largest absolute Gasteiger partial charge is 0.460 e. The SMILES string of the molecule is CC(C)(C)OC(=O)C(CN)C(C(=O)OCc1ccccc1)c1ccc(OS(C)(=O)=O)cc1. The average Bonchev–Trinajstić information content (AvgIpc) is 2.69. The highest BCUT2D eigenvalue weighted by Crippen LogP contribution is 2.30. The number of carbonyl (C=O) groups is 2. The normalized spacial score (nSPS) is 13.7. The van der Waals surface area contributed by atoms with Crippen LogP contribution in [0.4, 0.5) is 0 Å². The second-order valence-corrected chi connectivity index (χ2v) is 9.88. The smallest absolute Gasteiger partial charge is 0.314 e. The van der Waals surface area contributed by atoms with Crippen molar-refractivity contribution < 1.29 is 31.7 Å². The molecule has 2 unspecified atom stereocenters. The summed E-state index contributed by atoms with van der Waals surface area (Å²) in [6.07, 6.45) is 0.928. The van der Waals surface area contributed by atoms with Crippen molar-refractivity contribution in [2.45, 2.75) is 38.9 Å². The lowest BCUT2D eigenvalue weighted by Crippen LogP contribution is -2.39. The van der Waals surface area contributed by atoms with Crippen LogP contribution in [0.1, 0.15) is 37.8 Å². The van der Waals surface area contributed by atoms with Gasteiger partial charge >= 0.3 is 22.1 Å². The molecule has 0 fully saturated rings. The fourth-order valence-corrected chi connectivity index (χ4v) is 3.46. The van der Waals surface area contributed by atoms with Crippen molar-refractivity contribution in [3.8, 4) is 5.75 Å². The number of rotatable bonds is 9. The molecule has 0 heterocycles. The maximum absolute atomic E-state index is 13.1. The van der Waals surface area contributed by atoms with E-state index in [1.54, 1.807) is 20.8 Å². The van der Waals surface area contributed by atoms with Crippen molar-refractivity contribution >= 4 is 22.1 Å². The van der Waals surface area contributed by atoms with Crippen molar-refractivity contribution in [2.24, 2.45) is 11.7 Å². The van der Waals surface area contributed by atoms with E-state index in [-0.39, 0.29) is 18.9 Å². The molecule has 0 saturated carbocycles. The van der Waals surface area contributed by atoms with Gasteiger partial charge in [-0.1, -0.05) is 42.5 Å². The maximum Gasteiger partial charge on any atom is 0.314 e. The lowest BCUT2D eigenvalue weighted by Gasteiger charge is -2.28. The summed E-state index contributed by atoms with van der Waals surface area (Å²) in [6, 6.07) is 14.9. The molecule has 0 spiro atoms. The molecule has 2 aromatic rings. The number of ether oxygens (including phenoxy) is 2. The van der Waals surface area contributed by atoms with Crippen molar-refractivity contribution in [3.63, 3.8) is 0 Å². The highest BCUT2D eigenvalue weighted by molar-refractivity contribution is 7.86. The minimum atomic E-state index is -3.71. The van der Waals surface area contributed by atoms with Crippen molar-refractivity contribution in [2.75, 3.05) is 12.8 Å². The fourth-order valence-electron chi connectivity index (χ4n) is 3.00. The first-order valence-corrected chi connectivity index (χ1v) is 11.8. The Morgan fingerprint density at radius 2 is 1.56 bits per heavy atom. The zero-order chi connectivity index (χ0) is 23.9. The van der Waals surface area contributed by atoms with Gasteiger partial charge in [0.2, 0.25) is 0 Å². The molecule has 174 valence electrons. The van der Waals surface area contributed by atoms with E-state index in [1.165, 1.54) is 24.3 Å². The van der Waals surface area contributed by atoms with E-state index in [0.717, 1.165) is 11.8 Å². The Hall–Kier alpha value is -2.91. The molecule has 0 aliphatic carbocycles. The van der Waals surface area contributed by atoms with Gasteiger partial charge in [-0.3, -0.25) is 9.59 Å². The molecular weight excluding hydrogens is 434 g/mol. The molecule has 2 atom stereocenters. The van der Waals surface area contributed by atoms with Crippen molar-refractivity contribution in [1.82, 2.24) is 0 Å². The highest BCUT2D eigenvalue weighted by atomic mass is 32.2. The average molecular weight is 464 g/mol. The van der Waals surface area contributed by atoms with E-state index in [1.807, 2.05) is 30.3 Å². The van der Waals surface area contributed by atoms with Crippen LogP contribution in [0, 0.1) is 5.92 Å². The Morgan fingerprint density at radius 1 is 0.969 bits per heavy atom. The summed E-state index contributed by atoms with van der Waals surface area (Å²) in [5, 5.41) is 0. The van der Waals surface area contributed by atoms with Gasteiger partial charge < -0.3 is 19.4 Å². The van der Waals surface area contributed by atoms with E-state index < -0.39 is 39.5 Å². The van der Waals surface area contributed by atoms with Gasteiger partial charge in [-0.05, 0) is 44.0 Å². The van der Waals surface area contributed by atoms with Gasteiger partial charge in [0.15, 0.2) is 0 Å². The van der Waals surface area contributed by atoms with Crippen LogP contribution in [0.15, 0.2) is 54.6 Å². The van der Waals surface area contributed by atoms with Crippen LogP contribution >= 0.6 is 0 Å². The first-order valence-electron chi connectivity index (χ1n) is 10.0. The van der Waals surface area contributed by atoms with Gasteiger partial charge in [0.25, 0.3) is 0 Å². The van der Waals surface area contributed by atoms with Gasteiger partial charge in [0.05, 0.1) is 18.1 Å². The number of hydrogen-bond donors (Lipinski definition) is 1. The summed E-state index contributed by atoms with van der Waals surface area (Å²) >= 11 is 0. The Morgan fingerprint density at radius 3 is 2.06 bits per heavy atom. The minimum absolute atomic E-state index is 0.0249. The second kappa shape index (κ2) is 10.6. The Labute approximate surface area is 188 Å². The van der Waals surface area contributed by atoms with E-state index >= 15 is 0 Å². The number of benzene rings is 2. The summed E-state index contributed by atoms with van der Waals surface area (Å²) in [5.41, 5.74) is 6.32. The summed E-state index contributed by atoms with van der Waals surface area (Å²) in [7, 11) is -3.71. The lowest BCUT2D eigenvalue weighted by atomic mass is 9.85. The minimum Gasteiger partial charge on any atom is -0.460 e. The molecule has 0 saturated heterocycles. The van der Waals surface area contributed by atoms with E-state index in [9.17, 15) is 18.0 Å². The molecule has 2 N–H and O–H groups in total. The van der Waals surface area contributed by atoms with Gasteiger partial charge in [0.1, 0.15) is 18.0 Å². The van der Waals surface area contributed by atoms with Crippen LogP contribution in [-0.2, 0) is 35.8 Å². The van der Waals surface area contributed by atoms with Gasteiger partial charge in [0, 0.05) is 6.54 Å². The number of carbonyl (C=O) groups excluding carboxylic acids is 2. The number of hydrogen-bond acceptors (Lipinski definition) is 8. The van der Waals surface area contributed by atoms with Crippen LogP contribution in [-0.4, -0.2) is 38.8 Å². The van der Waals surface area contributed by atoms with Gasteiger partial charge in [-0.15, -0.1) is 0 Å². The second-order valence-electron chi connectivity index (χ2n) is 8.30. The van der Waals surface area contributed by atoms with E-state index in [4.69, 9.17) is 19.4 Å². The van der Waals surface area contributed by atoms with Crippen molar-refractivity contribution in [1.29, 1.82) is 0 Å². The molecule has 0 aliphatic heterocycles. The highest BCUT2D eigenvalue weighted by Gasteiger charge is 2.38. The summed E-state index contributed by atoms with van der Waals surface area (Å²) in [6.45, 7) is 5.04. The third kappa shape index (κ3) is 7.97. The van der Waals surface area contributed by atoms with Crippen LogP contribution in [0.25, 0.3) is 0 Å². The molecule has 2 rings (SSSR count). The van der Waals surface area contributed by atoms with E-state index in [2.05, 4.69) is 0 Å². The molecule has 0 aliphatic rings. The standard InChI is InChI=1S/C23H29NO7S/c1-23(2,3)30-21(25)19(14-24)20(22(26)29-15-16-8-6-5-7-9-16)17-10-12-18(13-11-17)31-32(4,27)28/h5-13,19-20H,14-15,24H2,1-4H3. The Kier molecular flexibility index (Phi) is 8.40. The fraction of sp³-hybridized carbons (Fsp3) is 0.391. The van der Waals surface area contributed by atoms with Gasteiger partial charge in [-0.25, -0.2) is 0 Å². The first kappa shape index (κ1) is 25.4. The molecule has 9 heteroatoms. The summed E-state index contributed by atoms with van der Waals surface area (Å²) in [5.74, 6) is -3.25.